The van der Waals surface area contributed by atoms with Gasteiger partial charge in [0.25, 0.3) is 5.91 Å². The number of hydrogen-bond acceptors (Lipinski definition) is 3. The van der Waals surface area contributed by atoms with Crippen LogP contribution in [0.25, 0.3) is 0 Å². The van der Waals surface area contributed by atoms with Crippen molar-refractivity contribution < 1.29 is 19.8 Å². The summed E-state index contributed by atoms with van der Waals surface area (Å²) in [6.45, 7) is 1.83. The van der Waals surface area contributed by atoms with Gasteiger partial charge < -0.3 is 15.5 Å². The summed E-state index contributed by atoms with van der Waals surface area (Å²) in [5, 5.41) is 20.6. The lowest BCUT2D eigenvalue weighted by atomic mass is 10.1. The van der Waals surface area contributed by atoms with E-state index in [2.05, 4.69) is 5.32 Å². The number of nitrogens with one attached hydrogen (secondary N) is 1. The monoisotopic (exact) mass is 271 g/mol. The fourth-order valence-electron chi connectivity index (χ4n) is 1.44. The summed E-state index contributed by atoms with van der Waals surface area (Å²) < 4.78 is 0. The van der Waals surface area contributed by atoms with Gasteiger partial charge in [0.05, 0.1) is 5.02 Å². The molecule has 0 aliphatic rings. The number of phenolic OH excluding ortho intramolecular Hbond substituents is 1. The van der Waals surface area contributed by atoms with Crippen LogP contribution in [0, 0.1) is 0 Å². The second-order valence-corrected chi connectivity index (χ2v) is 4.23. The highest BCUT2D eigenvalue weighted by Gasteiger charge is 2.19. The zero-order chi connectivity index (χ0) is 13.7. The van der Waals surface area contributed by atoms with Gasteiger partial charge in [-0.1, -0.05) is 24.9 Å². The summed E-state index contributed by atoms with van der Waals surface area (Å²) in [5.74, 6) is -1.73. The molecule has 0 aliphatic heterocycles. The van der Waals surface area contributed by atoms with E-state index in [-0.39, 0.29) is 16.3 Å². The summed E-state index contributed by atoms with van der Waals surface area (Å²) in [6.07, 6.45) is 1.00. The lowest BCUT2D eigenvalue weighted by Crippen LogP contribution is -2.40. The van der Waals surface area contributed by atoms with Crippen LogP contribution in [0.3, 0.4) is 0 Å². The summed E-state index contributed by atoms with van der Waals surface area (Å²) in [6, 6.07) is 3.03. The third kappa shape index (κ3) is 3.63. The number of phenols is 1. The quantitative estimate of drug-likeness (QED) is 0.765. The van der Waals surface area contributed by atoms with E-state index < -0.39 is 17.9 Å². The first-order valence-electron chi connectivity index (χ1n) is 5.48. The molecule has 3 N–H and O–H groups in total. The molecule has 5 nitrogen and oxygen atoms in total. The maximum Gasteiger partial charge on any atom is 0.326 e. The number of carboxylic acids is 1. The zero-order valence-electron chi connectivity index (χ0n) is 9.81. The molecular formula is C12H14ClNO4. The molecule has 0 spiro atoms. The predicted molar refractivity (Wildman–Crippen MR) is 66.9 cm³/mol. The second-order valence-electron chi connectivity index (χ2n) is 3.82. The van der Waals surface area contributed by atoms with E-state index in [1.807, 2.05) is 6.92 Å². The van der Waals surface area contributed by atoms with E-state index in [0.29, 0.717) is 12.8 Å². The van der Waals surface area contributed by atoms with Gasteiger partial charge in [0.2, 0.25) is 0 Å². The Bertz CT molecular complexity index is 461. The lowest BCUT2D eigenvalue weighted by molar-refractivity contribution is -0.139. The second kappa shape index (κ2) is 6.26. The van der Waals surface area contributed by atoms with Crippen LogP contribution in [0.15, 0.2) is 18.2 Å². The van der Waals surface area contributed by atoms with Crippen LogP contribution in [0.5, 0.6) is 5.75 Å². The van der Waals surface area contributed by atoms with E-state index in [0.717, 1.165) is 0 Å². The number of halogens is 1. The van der Waals surface area contributed by atoms with Crippen molar-refractivity contribution in [2.24, 2.45) is 0 Å². The molecule has 0 saturated heterocycles. The third-order valence-corrected chi connectivity index (χ3v) is 2.69. The maximum absolute atomic E-state index is 11.8. The molecule has 0 heterocycles. The number of aliphatic carboxylic acids is 1. The summed E-state index contributed by atoms with van der Waals surface area (Å²) in [5.41, 5.74) is 0.208. The smallest absolute Gasteiger partial charge is 0.326 e. The normalized spacial score (nSPS) is 11.9. The molecule has 0 unspecified atom stereocenters. The molecule has 1 aromatic rings. The predicted octanol–water partition coefficient (Wildman–Crippen LogP) is 2.03. The highest BCUT2D eigenvalue weighted by molar-refractivity contribution is 6.32. The Morgan fingerprint density at radius 3 is 2.61 bits per heavy atom. The number of aromatic hydroxyl groups is 1. The molecule has 0 aromatic heterocycles. The molecule has 1 rings (SSSR count). The topological polar surface area (TPSA) is 86.6 Å². The minimum atomic E-state index is -1.07. The van der Waals surface area contributed by atoms with Gasteiger partial charge in [0, 0.05) is 5.56 Å². The van der Waals surface area contributed by atoms with Crippen molar-refractivity contribution in [2.45, 2.75) is 25.8 Å². The third-order valence-electron chi connectivity index (χ3n) is 2.39. The van der Waals surface area contributed by atoms with Crippen LogP contribution in [-0.2, 0) is 4.79 Å². The van der Waals surface area contributed by atoms with Crippen molar-refractivity contribution in [3.63, 3.8) is 0 Å². The first kappa shape index (κ1) is 14.3. The highest BCUT2D eigenvalue weighted by Crippen LogP contribution is 2.23. The largest absolute Gasteiger partial charge is 0.506 e. The van der Waals surface area contributed by atoms with Crippen molar-refractivity contribution in [1.82, 2.24) is 5.32 Å². The number of benzene rings is 1. The number of carboxylic acid groups (broad SMARTS) is 1. The van der Waals surface area contributed by atoms with Gasteiger partial charge in [-0.05, 0) is 24.6 Å². The van der Waals surface area contributed by atoms with E-state index in [1.54, 1.807) is 0 Å². The van der Waals surface area contributed by atoms with Gasteiger partial charge in [0.15, 0.2) is 0 Å². The molecule has 1 amide bonds. The van der Waals surface area contributed by atoms with Gasteiger partial charge >= 0.3 is 5.97 Å². The SMILES string of the molecule is CCC[C@H](NC(=O)c1ccc(O)c(Cl)c1)C(=O)O. The van der Waals surface area contributed by atoms with Crippen molar-refractivity contribution >= 4 is 23.5 Å². The van der Waals surface area contributed by atoms with Gasteiger partial charge in [-0.3, -0.25) is 4.79 Å². The Labute approximate surface area is 109 Å². The molecule has 1 atom stereocenters. The summed E-state index contributed by atoms with van der Waals surface area (Å²) in [4.78, 5) is 22.7. The molecule has 0 fully saturated rings. The number of carbonyl (C=O) groups is 2. The van der Waals surface area contributed by atoms with Crippen LogP contribution >= 0.6 is 11.6 Å². The molecule has 18 heavy (non-hydrogen) atoms. The van der Waals surface area contributed by atoms with Crippen LogP contribution in [0.4, 0.5) is 0 Å². The molecule has 0 aliphatic carbocycles. The molecule has 1 aromatic carbocycles. The standard InChI is InChI=1S/C12H14ClNO4/c1-2-3-9(12(17)18)14-11(16)7-4-5-10(15)8(13)6-7/h4-6,9,15H,2-3H2,1H3,(H,14,16)(H,17,18)/t9-/m0/s1. The van der Waals surface area contributed by atoms with Crippen LogP contribution in [0.1, 0.15) is 30.1 Å². The number of carbonyl (C=O) groups excluding carboxylic acids is 1. The highest BCUT2D eigenvalue weighted by atomic mass is 35.5. The average Bonchev–Trinajstić information content (AvgIpc) is 2.31. The molecule has 0 saturated carbocycles. The van der Waals surface area contributed by atoms with E-state index in [4.69, 9.17) is 16.7 Å². The van der Waals surface area contributed by atoms with Crippen molar-refractivity contribution in [2.75, 3.05) is 0 Å². The Kier molecular flexibility index (Phi) is 4.97. The number of hydrogen-bond donors (Lipinski definition) is 3. The minimum absolute atomic E-state index is 0.0463. The van der Waals surface area contributed by atoms with E-state index in [1.165, 1.54) is 18.2 Å². The molecule has 0 bridgehead atoms. The number of rotatable bonds is 5. The molecule has 98 valence electrons. The van der Waals surface area contributed by atoms with E-state index in [9.17, 15) is 14.7 Å². The first-order chi connectivity index (χ1) is 8.45. The van der Waals surface area contributed by atoms with Crippen molar-refractivity contribution in [1.29, 1.82) is 0 Å². The Morgan fingerprint density at radius 1 is 1.44 bits per heavy atom. The summed E-state index contributed by atoms with van der Waals surface area (Å²) in [7, 11) is 0. The Hall–Kier alpha value is -1.75. The van der Waals surface area contributed by atoms with Gasteiger partial charge in [-0.15, -0.1) is 0 Å². The average molecular weight is 272 g/mol. The Balaban J connectivity index is 2.80. The van der Waals surface area contributed by atoms with Crippen LogP contribution in [0.2, 0.25) is 5.02 Å². The number of amides is 1. The van der Waals surface area contributed by atoms with Crippen molar-refractivity contribution in [3.8, 4) is 5.75 Å². The van der Waals surface area contributed by atoms with Gasteiger partial charge in [-0.25, -0.2) is 4.79 Å². The molecule has 0 radical (unpaired) electrons. The van der Waals surface area contributed by atoms with Crippen LogP contribution < -0.4 is 5.32 Å². The first-order valence-corrected chi connectivity index (χ1v) is 5.85. The maximum atomic E-state index is 11.8. The lowest BCUT2D eigenvalue weighted by Gasteiger charge is -2.13. The van der Waals surface area contributed by atoms with E-state index >= 15 is 0 Å². The van der Waals surface area contributed by atoms with Gasteiger partial charge in [-0.2, -0.15) is 0 Å². The fraction of sp³-hybridized carbons (Fsp3) is 0.333. The Morgan fingerprint density at radius 2 is 2.11 bits per heavy atom. The fourth-order valence-corrected chi connectivity index (χ4v) is 1.62. The molecular weight excluding hydrogens is 258 g/mol. The summed E-state index contributed by atoms with van der Waals surface area (Å²) >= 11 is 5.67. The van der Waals surface area contributed by atoms with Crippen molar-refractivity contribution in [3.05, 3.63) is 28.8 Å². The minimum Gasteiger partial charge on any atom is -0.506 e. The van der Waals surface area contributed by atoms with Gasteiger partial charge in [0.1, 0.15) is 11.8 Å². The van der Waals surface area contributed by atoms with Crippen LogP contribution in [-0.4, -0.2) is 28.1 Å². The zero-order valence-corrected chi connectivity index (χ0v) is 10.6. The molecule has 6 heteroatoms.